The number of halogens is 1. The first-order valence-electron chi connectivity index (χ1n) is 7.57. The van der Waals surface area contributed by atoms with E-state index in [4.69, 9.17) is 21.1 Å². The second kappa shape index (κ2) is 8.94. The molecule has 6 nitrogen and oxygen atoms in total. The van der Waals surface area contributed by atoms with Crippen LogP contribution in [-0.4, -0.2) is 32.1 Å². The molecule has 0 spiro atoms. The maximum atomic E-state index is 11.9. The van der Waals surface area contributed by atoms with Gasteiger partial charge in [-0.3, -0.25) is 9.59 Å². The SMILES string of the molecule is COc1ccc(NC(=O)CNC(=O)COc2ccc(Cl)cc2)c(C)c1. The third kappa shape index (κ3) is 6.00. The molecule has 2 rings (SSSR count). The van der Waals surface area contributed by atoms with E-state index < -0.39 is 5.91 Å². The van der Waals surface area contributed by atoms with Crippen molar-refractivity contribution in [2.75, 3.05) is 25.6 Å². The van der Waals surface area contributed by atoms with Gasteiger partial charge in [-0.1, -0.05) is 11.6 Å². The Bertz CT molecular complexity index is 747. The van der Waals surface area contributed by atoms with Gasteiger partial charge in [-0.25, -0.2) is 0 Å². The van der Waals surface area contributed by atoms with Crippen LogP contribution in [0.25, 0.3) is 0 Å². The fourth-order valence-electron chi connectivity index (χ4n) is 2.01. The molecule has 0 fully saturated rings. The minimum atomic E-state index is -0.392. The van der Waals surface area contributed by atoms with Crippen molar-refractivity contribution in [1.82, 2.24) is 5.32 Å². The van der Waals surface area contributed by atoms with Crippen LogP contribution in [0.4, 0.5) is 5.69 Å². The summed E-state index contributed by atoms with van der Waals surface area (Å²) >= 11 is 5.77. The molecule has 0 atom stereocenters. The summed E-state index contributed by atoms with van der Waals surface area (Å²) in [5.41, 5.74) is 1.53. The number of carbonyl (C=O) groups is 2. The molecule has 0 aliphatic rings. The van der Waals surface area contributed by atoms with Crippen molar-refractivity contribution in [3.8, 4) is 11.5 Å². The molecule has 132 valence electrons. The monoisotopic (exact) mass is 362 g/mol. The fourth-order valence-corrected chi connectivity index (χ4v) is 2.13. The van der Waals surface area contributed by atoms with Crippen LogP contribution in [0.5, 0.6) is 11.5 Å². The van der Waals surface area contributed by atoms with Crippen LogP contribution < -0.4 is 20.1 Å². The van der Waals surface area contributed by atoms with E-state index in [1.807, 2.05) is 13.0 Å². The number of aryl methyl sites for hydroxylation is 1. The minimum absolute atomic E-state index is 0.145. The standard InChI is InChI=1S/C18H19ClN2O4/c1-12-9-15(24-2)7-8-16(12)21-17(22)10-20-18(23)11-25-14-5-3-13(19)4-6-14/h3-9H,10-11H2,1-2H3,(H,20,23)(H,21,22). The Balaban J connectivity index is 1.75. The largest absolute Gasteiger partial charge is 0.497 e. The molecule has 7 heteroatoms. The first-order valence-corrected chi connectivity index (χ1v) is 7.95. The van der Waals surface area contributed by atoms with Crippen molar-refractivity contribution < 1.29 is 19.1 Å². The second-order valence-corrected chi connectivity index (χ2v) is 5.68. The van der Waals surface area contributed by atoms with Gasteiger partial charge in [0.1, 0.15) is 11.5 Å². The number of methoxy groups -OCH3 is 1. The van der Waals surface area contributed by atoms with Crippen LogP contribution >= 0.6 is 11.6 Å². The molecule has 0 aliphatic carbocycles. The van der Waals surface area contributed by atoms with Crippen LogP contribution in [0.3, 0.4) is 0 Å². The van der Waals surface area contributed by atoms with E-state index in [1.165, 1.54) is 0 Å². The molecule has 0 bridgehead atoms. The van der Waals surface area contributed by atoms with Gasteiger partial charge in [0.25, 0.3) is 5.91 Å². The number of benzene rings is 2. The number of rotatable bonds is 7. The van der Waals surface area contributed by atoms with Gasteiger partial charge in [0.2, 0.25) is 5.91 Å². The Kier molecular flexibility index (Phi) is 6.65. The molecule has 2 amide bonds. The minimum Gasteiger partial charge on any atom is -0.497 e. The first kappa shape index (κ1) is 18.6. The molecule has 2 aromatic carbocycles. The summed E-state index contributed by atoms with van der Waals surface area (Å²) in [7, 11) is 1.58. The third-order valence-electron chi connectivity index (χ3n) is 3.34. The number of hydrogen-bond acceptors (Lipinski definition) is 4. The Hall–Kier alpha value is -2.73. The summed E-state index contributed by atoms with van der Waals surface area (Å²) in [6.07, 6.45) is 0. The lowest BCUT2D eigenvalue weighted by molar-refractivity contribution is -0.125. The molecule has 0 heterocycles. The van der Waals surface area contributed by atoms with Gasteiger partial charge >= 0.3 is 0 Å². The number of nitrogens with one attached hydrogen (secondary N) is 2. The van der Waals surface area contributed by atoms with E-state index in [0.29, 0.717) is 22.2 Å². The van der Waals surface area contributed by atoms with Crippen LogP contribution in [-0.2, 0) is 9.59 Å². The van der Waals surface area contributed by atoms with E-state index in [-0.39, 0.29) is 19.1 Å². The smallest absolute Gasteiger partial charge is 0.258 e. The van der Waals surface area contributed by atoms with E-state index in [9.17, 15) is 9.59 Å². The van der Waals surface area contributed by atoms with Gasteiger partial charge in [-0.15, -0.1) is 0 Å². The molecular weight excluding hydrogens is 344 g/mol. The van der Waals surface area contributed by atoms with Gasteiger partial charge in [-0.2, -0.15) is 0 Å². The third-order valence-corrected chi connectivity index (χ3v) is 3.59. The molecule has 2 aromatic rings. The van der Waals surface area contributed by atoms with Crippen molar-refractivity contribution >= 4 is 29.1 Å². The quantitative estimate of drug-likeness (QED) is 0.794. The van der Waals surface area contributed by atoms with E-state index in [2.05, 4.69) is 10.6 Å². The number of ether oxygens (including phenoxy) is 2. The van der Waals surface area contributed by atoms with Crippen molar-refractivity contribution in [2.24, 2.45) is 0 Å². The highest BCUT2D eigenvalue weighted by atomic mass is 35.5. The van der Waals surface area contributed by atoms with Gasteiger partial charge in [-0.05, 0) is 55.0 Å². The molecule has 0 aromatic heterocycles. The number of carbonyl (C=O) groups excluding carboxylic acids is 2. The van der Waals surface area contributed by atoms with Crippen molar-refractivity contribution in [3.05, 3.63) is 53.1 Å². The molecule has 0 aliphatic heterocycles. The average molecular weight is 363 g/mol. The summed E-state index contributed by atoms with van der Waals surface area (Å²) < 4.78 is 10.4. The number of hydrogen-bond donors (Lipinski definition) is 2. The topological polar surface area (TPSA) is 76.7 Å². The highest BCUT2D eigenvalue weighted by molar-refractivity contribution is 6.30. The van der Waals surface area contributed by atoms with Gasteiger partial charge in [0, 0.05) is 10.7 Å². The predicted octanol–water partition coefficient (Wildman–Crippen LogP) is 2.79. The molecule has 0 saturated heterocycles. The molecule has 0 saturated carbocycles. The molecule has 0 unspecified atom stereocenters. The average Bonchev–Trinajstić information content (AvgIpc) is 2.61. The molecule has 2 N–H and O–H groups in total. The van der Waals surface area contributed by atoms with Gasteiger partial charge < -0.3 is 20.1 Å². The maximum absolute atomic E-state index is 11.9. The van der Waals surface area contributed by atoms with E-state index in [1.54, 1.807) is 43.5 Å². The predicted molar refractivity (Wildman–Crippen MR) is 96.3 cm³/mol. The molecule has 25 heavy (non-hydrogen) atoms. The fraction of sp³-hybridized carbons (Fsp3) is 0.222. The lowest BCUT2D eigenvalue weighted by Gasteiger charge is -2.11. The maximum Gasteiger partial charge on any atom is 0.258 e. The second-order valence-electron chi connectivity index (χ2n) is 5.25. The summed E-state index contributed by atoms with van der Waals surface area (Å²) in [6.45, 7) is 1.53. The van der Waals surface area contributed by atoms with Crippen molar-refractivity contribution in [2.45, 2.75) is 6.92 Å². The lowest BCUT2D eigenvalue weighted by atomic mass is 10.2. The van der Waals surface area contributed by atoms with Crippen LogP contribution in [0.2, 0.25) is 5.02 Å². The Morgan fingerprint density at radius 1 is 1.04 bits per heavy atom. The molecular formula is C18H19ClN2O4. The zero-order valence-corrected chi connectivity index (χ0v) is 14.7. The van der Waals surface area contributed by atoms with Gasteiger partial charge in [0.05, 0.1) is 13.7 Å². The van der Waals surface area contributed by atoms with Crippen LogP contribution in [0, 0.1) is 6.92 Å². The summed E-state index contributed by atoms with van der Waals surface area (Å²) in [4.78, 5) is 23.7. The van der Waals surface area contributed by atoms with E-state index >= 15 is 0 Å². The van der Waals surface area contributed by atoms with Crippen LogP contribution in [0.1, 0.15) is 5.56 Å². The van der Waals surface area contributed by atoms with E-state index in [0.717, 1.165) is 5.56 Å². The van der Waals surface area contributed by atoms with Crippen LogP contribution in [0.15, 0.2) is 42.5 Å². The number of amides is 2. The highest BCUT2D eigenvalue weighted by Crippen LogP contribution is 2.20. The zero-order valence-electron chi connectivity index (χ0n) is 14.0. The molecule has 0 radical (unpaired) electrons. The summed E-state index contributed by atoms with van der Waals surface area (Å²) in [6, 6.07) is 12.0. The Morgan fingerprint density at radius 2 is 1.72 bits per heavy atom. The first-order chi connectivity index (χ1) is 12.0. The normalized spacial score (nSPS) is 10.0. The Labute approximate surface area is 151 Å². The summed E-state index contributed by atoms with van der Waals surface area (Å²) in [5, 5.41) is 5.82. The van der Waals surface area contributed by atoms with Crippen molar-refractivity contribution in [1.29, 1.82) is 0 Å². The summed E-state index contributed by atoms with van der Waals surface area (Å²) in [5.74, 6) is 0.519. The zero-order chi connectivity index (χ0) is 18.2. The van der Waals surface area contributed by atoms with Crippen molar-refractivity contribution in [3.63, 3.8) is 0 Å². The lowest BCUT2D eigenvalue weighted by Crippen LogP contribution is -2.35. The highest BCUT2D eigenvalue weighted by Gasteiger charge is 2.08. The van der Waals surface area contributed by atoms with Gasteiger partial charge in [0.15, 0.2) is 6.61 Å². The Morgan fingerprint density at radius 3 is 2.36 bits per heavy atom. The number of anilines is 1.